The molecule has 1 unspecified atom stereocenters. The van der Waals surface area contributed by atoms with Gasteiger partial charge in [-0.2, -0.15) is 0 Å². The van der Waals surface area contributed by atoms with Crippen molar-refractivity contribution in [2.24, 2.45) is 0 Å². The lowest BCUT2D eigenvalue weighted by molar-refractivity contribution is -0.134. The van der Waals surface area contributed by atoms with Crippen LogP contribution in [0.5, 0.6) is 0 Å². The van der Waals surface area contributed by atoms with Crippen molar-refractivity contribution < 1.29 is 19.1 Å². The van der Waals surface area contributed by atoms with E-state index in [4.69, 9.17) is 0 Å². The van der Waals surface area contributed by atoms with Crippen molar-refractivity contribution >= 4 is 17.5 Å². The highest BCUT2D eigenvalue weighted by atomic mass is 19.1. The summed E-state index contributed by atoms with van der Waals surface area (Å²) in [4.78, 5) is 36.1. The van der Waals surface area contributed by atoms with E-state index in [1.165, 1.54) is 30.7 Å². The standard InChI is InChI=1S/C18H20FN5O3/c19-13-1-3-14(4-2-13)23-7-9-24(10-8-23)18(27)16(12-25)22-17(26)15-11-20-5-6-21-15/h1-6,11,16,25H,7-10,12H2,(H,22,26). The number of rotatable bonds is 5. The van der Waals surface area contributed by atoms with E-state index >= 15 is 0 Å². The summed E-state index contributed by atoms with van der Waals surface area (Å²) >= 11 is 0. The van der Waals surface area contributed by atoms with Gasteiger partial charge < -0.3 is 20.2 Å². The van der Waals surface area contributed by atoms with E-state index in [1.54, 1.807) is 17.0 Å². The number of carbonyl (C=O) groups excluding carboxylic acids is 2. The lowest BCUT2D eigenvalue weighted by Crippen LogP contribution is -2.56. The van der Waals surface area contributed by atoms with Gasteiger partial charge in [0.1, 0.15) is 17.6 Å². The number of aliphatic hydroxyl groups is 1. The number of nitrogens with zero attached hydrogens (tertiary/aromatic N) is 4. The highest BCUT2D eigenvalue weighted by Gasteiger charge is 2.28. The van der Waals surface area contributed by atoms with E-state index in [2.05, 4.69) is 20.2 Å². The maximum absolute atomic E-state index is 13.0. The number of carbonyl (C=O) groups is 2. The minimum Gasteiger partial charge on any atom is -0.394 e. The number of nitrogens with one attached hydrogen (secondary N) is 1. The minimum atomic E-state index is -1.04. The van der Waals surface area contributed by atoms with E-state index in [0.717, 1.165) is 5.69 Å². The van der Waals surface area contributed by atoms with Gasteiger partial charge in [-0.05, 0) is 24.3 Å². The van der Waals surface area contributed by atoms with Gasteiger partial charge in [-0.15, -0.1) is 0 Å². The summed E-state index contributed by atoms with van der Waals surface area (Å²) in [6, 6.07) is 5.15. The molecule has 1 fully saturated rings. The zero-order chi connectivity index (χ0) is 19.2. The SMILES string of the molecule is O=C(NC(CO)C(=O)N1CCN(c2ccc(F)cc2)CC1)c1cnccn1. The molecule has 142 valence electrons. The van der Waals surface area contributed by atoms with Crippen LogP contribution in [-0.2, 0) is 4.79 Å². The van der Waals surface area contributed by atoms with Gasteiger partial charge in [0.2, 0.25) is 5.91 Å². The first-order chi connectivity index (χ1) is 13.1. The molecular weight excluding hydrogens is 353 g/mol. The first-order valence-corrected chi connectivity index (χ1v) is 8.55. The van der Waals surface area contributed by atoms with Gasteiger partial charge in [0.25, 0.3) is 5.91 Å². The molecule has 0 spiro atoms. The zero-order valence-corrected chi connectivity index (χ0v) is 14.6. The Bertz CT molecular complexity index is 779. The number of aromatic nitrogens is 2. The van der Waals surface area contributed by atoms with Crippen LogP contribution in [0.4, 0.5) is 10.1 Å². The van der Waals surface area contributed by atoms with Gasteiger partial charge in [-0.25, -0.2) is 9.37 Å². The number of halogens is 1. The monoisotopic (exact) mass is 373 g/mol. The fraction of sp³-hybridized carbons (Fsp3) is 0.333. The second kappa shape index (κ2) is 8.54. The second-order valence-electron chi connectivity index (χ2n) is 6.09. The van der Waals surface area contributed by atoms with Crippen LogP contribution >= 0.6 is 0 Å². The summed E-state index contributed by atoms with van der Waals surface area (Å²) < 4.78 is 13.0. The topological polar surface area (TPSA) is 98.7 Å². The van der Waals surface area contributed by atoms with E-state index < -0.39 is 18.6 Å². The summed E-state index contributed by atoms with van der Waals surface area (Å²) in [5, 5.41) is 12.0. The average Bonchev–Trinajstić information content (AvgIpc) is 2.72. The zero-order valence-electron chi connectivity index (χ0n) is 14.6. The highest BCUT2D eigenvalue weighted by Crippen LogP contribution is 2.17. The Hall–Kier alpha value is -3.07. The molecule has 27 heavy (non-hydrogen) atoms. The van der Waals surface area contributed by atoms with Gasteiger partial charge in [-0.3, -0.25) is 14.6 Å². The van der Waals surface area contributed by atoms with Crippen molar-refractivity contribution in [1.82, 2.24) is 20.2 Å². The first kappa shape index (κ1) is 18.7. The number of hydrogen-bond donors (Lipinski definition) is 2. The summed E-state index contributed by atoms with van der Waals surface area (Å²) in [6.45, 7) is 1.52. The molecule has 3 rings (SSSR count). The predicted octanol–water partition coefficient (Wildman–Crippen LogP) is 0.0552. The van der Waals surface area contributed by atoms with Crippen molar-refractivity contribution in [2.45, 2.75) is 6.04 Å². The van der Waals surface area contributed by atoms with Crippen LogP contribution < -0.4 is 10.2 Å². The average molecular weight is 373 g/mol. The lowest BCUT2D eigenvalue weighted by atomic mass is 10.2. The molecule has 2 N–H and O–H groups in total. The molecule has 0 bridgehead atoms. The Morgan fingerprint density at radius 3 is 2.44 bits per heavy atom. The van der Waals surface area contributed by atoms with Crippen LogP contribution in [0.25, 0.3) is 0 Å². The van der Waals surface area contributed by atoms with E-state index in [-0.39, 0.29) is 17.4 Å². The lowest BCUT2D eigenvalue weighted by Gasteiger charge is -2.37. The van der Waals surface area contributed by atoms with Gasteiger partial charge >= 0.3 is 0 Å². The summed E-state index contributed by atoms with van der Waals surface area (Å²) in [6.07, 6.45) is 4.10. The van der Waals surface area contributed by atoms with Crippen molar-refractivity contribution in [3.8, 4) is 0 Å². The molecule has 0 radical (unpaired) electrons. The van der Waals surface area contributed by atoms with Gasteiger partial charge in [0.05, 0.1) is 12.8 Å². The molecule has 0 saturated carbocycles. The smallest absolute Gasteiger partial charge is 0.272 e. The van der Waals surface area contributed by atoms with Crippen LogP contribution in [0.3, 0.4) is 0 Å². The fourth-order valence-electron chi connectivity index (χ4n) is 2.89. The third-order valence-corrected chi connectivity index (χ3v) is 4.36. The number of piperazine rings is 1. The number of amides is 2. The number of hydrogen-bond acceptors (Lipinski definition) is 6. The predicted molar refractivity (Wildman–Crippen MR) is 95.6 cm³/mol. The van der Waals surface area contributed by atoms with Crippen LogP contribution in [0.1, 0.15) is 10.5 Å². The molecule has 2 amide bonds. The molecule has 1 saturated heterocycles. The maximum Gasteiger partial charge on any atom is 0.272 e. The maximum atomic E-state index is 13.0. The quantitative estimate of drug-likeness (QED) is 0.769. The fourth-order valence-corrected chi connectivity index (χ4v) is 2.89. The van der Waals surface area contributed by atoms with Crippen molar-refractivity contribution in [1.29, 1.82) is 0 Å². The van der Waals surface area contributed by atoms with Crippen molar-refractivity contribution in [3.05, 3.63) is 54.4 Å². The third-order valence-electron chi connectivity index (χ3n) is 4.36. The Morgan fingerprint density at radius 1 is 1.15 bits per heavy atom. The van der Waals surface area contributed by atoms with Gasteiger partial charge in [0.15, 0.2) is 0 Å². The van der Waals surface area contributed by atoms with Crippen molar-refractivity contribution in [3.63, 3.8) is 0 Å². The second-order valence-corrected chi connectivity index (χ2v) is 6.09. The molecule has 1 atom stereocenters. The highest BCUT2D eigenvalue weighted by molar-refractivity contribution is 5.96. The minimum absolute atomic E-state index is 0.0740. The molecule has 9 heteroatoms. The molecule has 2 aromatic rings. The molecular formula is C18H20FN5O3. The Kier molecular flexibility index (Phi) is 5.92. The molecule has 1 aliphatic heterocycles. The van der Waals surface area contributed by atoms with Crippen molar-refractivity contribution in [2.75, 3.05) is 37.7 Å². The molecule has 0 aliphatic carbocycles. The Labute approximate surface area is 155 Å². The van der Waals surface area contributed by atoms with E-state index in [9.17, 15) is 19.1 Å². The molecule has 1 aliphatic rings. The third kappa shape index (κ3) is 4.56. The number of anilines is 1. The largest absolute Gasteiger partial charge is 0.394 e. The van der Waals surface area contributed by atoms with Crippen LogP contribution in [0.2, 0.25) is 0 Å². The van der Waals surface area contributed by atoms with Crippen LogP contribution in [-0.4, -0.2) is 70.6 Å². The van der Waals surface area contributed by atoms with E-state index in [1.807, 2.05) is 0 Å². The number of benzene rings is 1. The Balaban J connectivity index is 1.57. The normalized spacial score (nSPS) is 15.3. The number of aliphatic hydroxyl groups excluding tert-OH is 1. The molecule has 1 aromatic carbocycles. The molecule has 1 aromatic heterocycles. The summed E-state index contributed by atoms with van der Waals surface area (Å²) in [5.74, 6) is -1.22. The first-order valence-electron chi connectivity index (χ1n) is 8.55. The Morgan fingerprint density at radius 2 is 1.85 bits per heavy atom. The molecule has 8 nitrogen and oxygen atoms in total. The van der Waals surface area contributed by atoms with Crippen LogP contribution in [0.15, 0.2) is 42.9 Å². The summed E-state index contributed by atoms with van der Waals surface area (Å²) in [5.41, 5.74) is 0.961. The van der Waals surface area contributed by atoms with Gasteiger partial charge in [-0.1, -0.05) is 0 Å². The van der Waals surface area contributed by atoms with Gasteiger partial charge in [0, 0.05) is 44.3 Å². The van der Waals surface area contributed by atoms with Crippen LogP contribution in [0, 0.1) is 5.82 Å². The summed E-state index contributed by atoms with van der Waals surface area (Å²) in [7, 11) is 0. The molecule has 2 heterocycles. The van der Waals surface area contributed by atoms with E-state index in [0.29, 0.717) is 26.2 Å².